The number of hydrogen-bond donors (Lipinski definition) is 1. The molecule has 0 bridgehead atoms. The van der Waals surface area contributed by atoms with Gasteiger partial charge in [-0.25, -0.2) is 4.98 Å². The molecule has 1 aromatic heterocycles. The van der Waals surface area contributed by atoms with Gasteiger partial charge in [0.1, 0.15) is 0 Å². The summed E-state index contributed by atoms with van der Waals surface area (Å²) < 4.78 is 1.10. The first-order valence-electron chi connectivity index (χ1n) is 8.16. The molecular weight excluding hydrogens is 354 g/mol. The lowest BCUT2D eigenvalue weighted by molar-refractivity contribution is -0.132. The second-order valence-corrected chi connectivity index (χ2v) is 8.10. The number of nitrogens with zero attached hydrogens (tertiary/aromatic N) is 2. The third-order valence-electron chi connectivity index (χ3n) is 4.38. The van der Waals surface area contributed by atoms with Crippen LogP contribution < -0.4 is 5.32 Å². The van der Waals surface area contributed by atoms with E-state index in [1.54, 1.807) is 23.6 Å². The Morgan fingerprint density at radius 2 is 2.16 bits per heavy atom. The smallest absolute Gasteiger partial charge is 0.228 e. The van der Waals surface area contributed by atoms with E-state index in [0.29, 0.717) is 11.7 Å². The lowest BCUT2D eigenvalue weighted by Crippen LogP contribution is -2.40. The van der Waals surface area contributed by atoms with E-state index in [0.717, 1.165) is 21.9 Å². The van der Waals surface area contributed by atoms with Gasteiger partial charge in [0.2, 0.25) is 11.8 Å². The first kappa shape index (κ1) is 17.9. The maximum absolute atomic E-state index is 12.6. The summed E-state index contributed by atoms with van der Waals surface area (Å²) in [7, 11) is 0. The van der Waals surface area contributed by atoms with Crippen LogP contribution in [0.25, 0.3) is 0 Å². The van der Waals surface area contributed by atoms with Crippen LogP contribution in [0.5, 0.6) is 0 Å². The molecule has 2 amide bonds. The summed E-state index contributed by atoms with van der Waals surface area (Å²) in [6.45, 7) is 4.15. The minimum atomic E-state index is -0.219. The van der Waals surface area contributed by atoms with E-state index >= 15 is 0 Å². The highest BCUT2D eigenvalue weighted by Crippen LogP contribution is 2.34. The van der Waals surface area contributed by atoms with Gasteiger partial charge in [0.25, 0.3) is 0 Å². The maximum Gasteiger partial charge on any atom is 0.228 e. The zero-order chi connectivity index (χ0) is 18.0. The molecule has 2 heterocycles. The normalized spacial score (nSPS) is 16.4. The van der Waals surface area contributed by atoms with Crippen LogP contribution >= 0.6 is 23.1 Å². The number of anilines is 1. The molecule has 3 rings (SSSR count). The molecule has 25 heavy (non-hydrogen) atoms. The van der Waals surface area contributed by atoms with Crippen LogP contribution in [-0.4, -0.2) is 34.5 Å². The van der Waals surface area contributed by atoms with Gasteiger partial charge in [0.05, 0.1) is 22.4 Å². The summed E-state index contributed by atoms with van der Waals surface area (Å²) in [6, 6.07) is 7.84. The van der Waals surface area contributed by atoms with Crippen molar-refractivity contribution in [2.75, 3.05) is 18.1 Å². The summed E-state index contributed by atoms with van der Waals surface area (Å²) in [6.07, 6.45) is 3.07. The van der Waals surface area contributed by atoms with Crippen LogP contribution in [0.4, 0.5) is 5.13 Å². The van der Waals surface area contributed by atoms with E-state index < -0.39 is 0 Å². The Labute approximate surface area is 155 Å². The number of rotatable bonds is 4. The molecule has 0 fully saturated rings. The molecule has 1 N–H and O–H groups in total. The number of aromatic nitrogens is 1. The lowest BCUT2D eigenvalue weighted by atomic mass is 9.90. The van der Waals surface area contributed by atoms with Gasteiger partial charge in [0, 0.05) is 13.5 Å². The van der Waals surface area contributed by atoms with Crippen molar-refractivity contribution < 1.29 is 9.59 Å². The van der Waals surface area contributed by atoms with Crippen molar-refractivity contribution in [2.24, 2.45) is 0 Å². The average Bonchev–Trinajstić information content (AvgIpc) is 2.94. The fourth-order valence-corrected chi connectivity index (χ4v) is 4.85. The van der Waals surface area contributed by atoms with Gasteiger partial charge in [-0.2, -0.15) is 0 Å². The molecule has 0 radical (unpaired) electrons. The van der Waals surface area contributed by atoms with Crippen molar-refractivity contribution in [2.45, 2.75) is 36.9 Å². The van der Waals surface area contributed by atoms with E-state index in [-0.39, 0.29) is 24.3 Å². The number of carbonyl (C=O) groups is 2. The molecule has 1 aliphatic heterocycles. The summed E-state index contributed by atoms with van der Waals surface area (Å²) in [5.41, 5.74) is 3.22. The van der Waals surface area contributed by atoms with E-state index in [2.05, 4.69) is 16.4 Å². The SMILES string of the molecule is CSc1sc(NC(=O)CC2c3ccccc3CCN2C(C)=O)nc1C. The van der Waals surface area contributed by atoms with Crippen molar-refractivity contribution in [3.8, 4) is 0 Å². The van der Waals surface area contributed by atoms with Crippen molar-refractivity contribution in [3.05, 3.63) is 41.1 Å². The number of carbonyl (C=O) groups excluding carboxylic acids is 2. The Kier molecular flexibility index (Phi) is 5.44. The molecule has 0 saturated heterocycles. The monoisotopic (exact) mass is 375 g/mol. The minimum absolute atomic E-state index is 0.00191. The van der Waals surface area contributed by atoms with Crippen LogP contribution in [0.15, 0.2) is 28.5 Å². The van der Waals surface area contributed by atoms with Crippen molar-refractivity contribution >= 4 is 40.0 Å². The predicted molar refractivity (Wildman–Crippen MR) is 102 cm³/mol. The molecule has 1 aliphatic rings. The Morgan fingerprint density at radius 3 is 2.84 bits per heavy atom. The highest BCUT2D eigenvalue weighted by atomic mass is 32.2. The third-order valence-corrected chi connectivity index (χ3v) is 6.67. The number of thiazole rings is 1. The topological polar surface area (TPSA) is 62.3 Å². The molecule has 1 unspecified atom stereocenters. The Morgan fingerprint density at radius 1 is 1.40 bits per heavy atom. The Bertz CT molecular complexity index is 803. The van der Waals surface area contributed by atoms with Gasteiger partial charge in [0.15, 0.2) is 5.13 Å². The lowest BCUT2D eigenvalue weighted by Gasteiger charge is -2.36. The fraction of sp³-hybridized carbons (Fsp3) is 0.389. The average molecular weight is 376 g/mol. The predicted octanol–water partition coefficient (Wildman–Crippen LogP) is 3.65. The minimum Gasteiger partial charge on any atom is -0.335 e. The first-order chi connectivity index (χ1) is 12.0. The number of nitrogens with one attached hydrogen (secondary N) is 1. The fourth-order valence-electron chi connectivity index (χ4n) is 3.22. The van der Waals surface area contributed by atoms with E-state index in [1.165, 1.54) is 16.9 Å². The molecule has 0 spiro atoms. The highest BCUT2D eigenvalue weighted by molar-refractivity contribution is 8.00. The second-order valence-electron chi connectivity index (χ2n) is 6.03. The number of amides is 2. The van der Waals surface area contributed by atoms with E-state index in [1.807, 2.05) is 31.4 Å². The molecular formula is C18H21N3O2S2. The van der Waals surface area contributed by atoms with Gasteiger partial charge in [-0.05, 0) is 30.7 Å². The molecule has 1 atom stereocenters. The maximum atomic E-state index is 12.6. The Balaban J connectivity index is 1.78. The van der Waals surface area contributed by atoms with Gasteiger partial charge < -0.3 is 10.2 Å². The van der Waals surface area contributed by atoms with Crippen LogP contribution in [0.3, 0.4) is 0 Å². The first-order valence-corrected chi connectivity index (χ1v) is 10.2. The van der Waals surface area contributed by atoms with Crippen LogP contribution in [0.2, 0.25) is 0 Å². The summed E-state index contributed by atoms with van der Waals surface area (Å²) >= 11 is 3.11. The molecule has 5 nitrogen and oxygen atoms in total. The van der Waals surface area contributed by atoms with Crippen LogP contribution in [0, 0.1) is 6.92 Å². The molecule has 1 aromatic carbocycles. The Hall–Kier alpha value is -1.86. The third kappa shape index (κ3) is 3.88. The van der Waals surface area contributed by atoms with Crippen molar-refractivity contribution in [1.82, 2.24) is 9.88 Å². The number of benzene rings is 1. The van der Waals surface area contributed by atoms with Crippen molar-refractivity contribution in [1.29, 1.82) is 0 Å². The highest BCUT2D eigenvalue weighted by Gasteiger charge is 2.30. The second kappa shape index (κ2) is 7.58. The largest absolute Gasteiger partial charge is 0.335 e. The van der Waals surface area contributed by atoms with Gasteiger partial charge in [-0.3, -0.25) is 9.59 Å². The molecule has 2 aromatic rings. The number of aryl methyl sites for hydroxylation is 1. The van der Waals surface area contributed by atoms with E-state index in [4.69, 9.17) is 0 Å². The molecule has 0 aliphatic carbocycles. The number of hydrogen-bond acceptors (Lipinski definition) is 5. The van der Waals surface area contributed by atoms with Gasteiger partial charge >= 0.3 is 0 Å². The van der Waals surface area contributed by atoms with Gasteiger partial charge in [-0.15, -0.1) is 11.8 Å². The zero-order valence-corrected chi connectivity index (χ0v) is 16.2. The molecule has 132 valence electrons. The van der Waals surface area contributed by atoms with E-state index in [9.17, 15) is 9.59 Å². The van der Waals surface area contributed by atoms with Gasteiger partial charge in [-0.1, -0.05) is 35.6 Å². The van der Waals surface area contributed by atoms with Crippen LogP contribution in [0.1, 0.15) is 36.2 Å². The quantitative estimate of drug-likeness (QED) is 0.829. The molecule has 7 heteroatoms. The van der Waals surface area contributed by atoms with Crippen LogP contribution in [-0.2, 0) is 16.0 Å². The summed E-state index contributed by atoms with van der Waals surface area (Å²) in [5, 5.41) is 3.51. The number of thioether (sulfide) groups is 1. The zero-order valence-electron chi connectivity index (χ0n) is 14.5. The van der Waals surface area contributed by atoms with Crippen molar-refractivity contribution in [3.63, 3.8) is 0 Å². The molecule has 0 saturated carbocycles. The summed E-state index contributed by atoms with van der Waals surface area (Å²) in [4.78, 5) is 30.8. The standard InChI is InChI=1S/C18H21N3O2S2/c1-11-17(24-3)25-18(19-11)20-16(23)10-15-14-7-5-4-6-13(14)8-9-21(15)12(2)22/h4-7,15H,8-10H2,1-3H3,(H,19,20,23). The summed E-state index contributed by atoms with van der Waals surface area (Å²) in [5.74, 6) is -0.114. The number of fused-ring (bicyclic) bond motifs is 1.